The molecule has 1 fully saturated rings. The van der Waals surface area contributed by atoms with Gasteiger partial charge in [-0.1, -0.05) is 48.5 Å². The van der Waals surface area contributed by atoms with Crippen molar-refractivity contribution >= 4 is 29.9 Å². The van der Waals surface area contributed by atoms with Crippen molar-refractivity contribution in [3.63, 3.8) is 0 Å². The lowest BCUT2D eigenvalue weighted by Gasteiger charge is -2.24. The number of rotatable bonds is 8. The van der Waals surface area contributed by atoms with Crippen LogP contribution in [0.15, 0.2) is 66.2 Å². The fraction of sp³-hybridized carbons (Fsp3) is 0.400. The van der Waals surface area contributed by atoms with Crippen molar-refractivity contribution in [1.82, 2.24) is 25.4 Å². The summed E-state index contributed by atoms with van der Waals surface area (Å²) in [6.45, 7) is 7.98. The van der Waals surface area contributed by atoms with E-state index in [0.29, 0.717) is 13.1 Å². The molecule has 0 radical (unpaired) electrons. The second kappa shape index (κ2) is 12.1. The number of aliphatic imine (C=N–C) groups is 1. The summed E-state index contributed by atoms with van der Waals surface area (Å²) in [4.78, 5) is 8.85. The van der Waals surface area contributed by atoms with Crippen molar-refractivity contribution in [2.24, 2.45) is 4.99 Å². The maximum atomic E-state index is 5.90. The molecule has 3 aromatic rings. The van der Waals surface area contributed by atoms with Crippen LogP contribution < -0.4 is 10.6 Å². The molecule has 1 aliphatic heterocycles. The Bertz CT molecular complexity index is 1010. The van der Waals surface area contributed by atoms with Gasteiger partial charge in [-0.3, -0.25) is 0 Å². The third kappa shape index (κ3) is 7.01. The lowest BCUT2D eigenvalue weighted by atomic mass is 9.98. The summed E-state index contributed by atoms with van der Waals surface area (Å²) in [6.07, 6.45) is 5.49. The zero-order chi connectivity index (χ0) is 22.2. The SMILES string of the molecule is CCNC(=NCc1ccccc1-c1ccc(Cn2cncn2)cc1)NCC1(C)CCCO1.I. The Morgan fingerprint density at radius 1 is 1.15 bits per heavy atom. The normalized spacial score (nSPS) is 18.1. The van der Waals surface area contributed by atoms with Gasteiger partial charge in [0.1, 0.15) is 12.7 Å². The molecule has 7 nitrogen and oxygen atoms in total. The maximum absolute atomic E-state index is 5.90. The summed E-state index contributed by atoms with van der Waals surface area (Å²) >= 11 is 0. The van der Waals surface area contributed by atoms with E-state index < -0.39 is 0 Å². The second-order valence-corrected chi connectivity index (χ2v) is 8.40. The molecule has 2 N–H and O–H groups in total. The van der Waals surface area contributed by atoms with Crippen molar-refractivity contribution < 1.29 is 4.74 Å². The van der Waals surface area contributed by atoms with Crippen molar-refractivity contribution in [3.05, 3.63) is 72.3 Å². The summed E-state index contributed by atoms with van der Waals surface area (Å²) < 4.78 is 7.72. The zero-order valence-electron chi connectivity index (χ0n) is 19.3. The fourth-order valence-electron chi connectivity index (χ4n) is 3.98. The van der Waals surface area contributed by atoms with Crippen molar-refractivity contribution in [1.29, 1.82) is 0 Å². The average Bonchev–Trinajstić information content (AvgIpc) is 3.49. The van der Waals surface area contributed by atoms with Crippen LogP contribution >= 0.6 is 24.0 Å². The number of hydrogen-bond acceptors (Lipinski definition) is 4. The number of nitrogens with zero attached hydrogens (tertiary/aromatic N) is 4. The zero-order valence-corrected chi connectivity index (χ0v) is 21.7. The number of ether oxygens (including phenoxy) is 1. The topological polar surface area (TPSA) is 76.4 Å². The minimum absolute atomic E-state index is 0. The predicted molar refractivity (Wildman–Crippen MR) is 143 cm³/mol. The third-order valence-corrected chi connectivity index (χ3v) is 5.78. The Kier molecular flexibility index (Phi) is 9.25. The highest BCUT2D eigenvalue weighted by Gasteiger charge is 2.29. The molecule has 176 valence electrons. The Balaban J connectivity index is 0.00000306. The lowest BCUT2D eigenvalue weighted by molar-refractivity contribution is 0.0243. The van der Waals surface area contributed by atoms with Gasteiger partial charge in [-0.2, -0.15) is 5.10 Å². The molecule has 1 aromatic heterocycles. The van der Waals surface area contributed by atoms with Crippen LogP contribution in [0.2, 0.25) is 0 Å². The fourth-order valence-corrected chi connectivity index (χ4v) is 3.98. The van der Waals surface area contributed by atoms with E-state index in [1.165, 1.54) is 22.3 Å². The molecule has 0 bridgehead atoms. The van der Waals surface area contributed by atoms with E-state index >= 15 is 0 Å². The Morgan fingerprint density at radius 3 is 2.67 bits per heavy atom. The van der Waals surface area contributed by atoms with E-state index in [1.54, 1.807) is 12.7 Å². The van der Waals surface area contributed by atoms with Crippen LogP contribution in [-0.4, -0.2) is 46.0 Å². The first-order valence-electron chi connectivity index (χ1n) is 11.3. The van der Waals surface area contributed by atoms with Crippen LogP contribution in [0.3, 0.4) is 0 Å². The third-order valence-electron chi connectivity index (χ3n) is 5.78. The molecule has 0 amide bonds. The summed E-state index contributed by atoms with van der Waals surface area (Å²) in [5, 5.41) is 11.0. The minimum Gasteiger partial charge on any atom is -0.373 e. The molecular formula is C25H33IN6O. The largest absolute Gasteiger partial charge is 0.373 e. The van der Waals surface area contributed by atoms with Crippen LogP contribution in [0, 0.1) is 0 Å². The molecule has 33 heavy (non-hydrogen) atoms. The molecule has 8 heteroatoms. The molecule has 0 aliphatic carbocycles. The number of benzene rings is 2. The quantitative estimate of drug-likeness (QED) is 0.245. The second-order valence-electron chi connectivity index (χ2n) is 8.40. The number of guanidine groups is 1. The lowest BCUT2D eigenvalue weighted by Crippen LogP contribution is -2.45. The van der Waals surface area contributed by atoms with Gasteiger partial charge in [0.05, 0.1) is 18.7 Å². The smallest absolute Gasteiger partial charge is 0.191 e. The van der Waals surface area contributed by atoms with E-state index in [4.69, 9.17) is 9.73 Å². The predicted octanol–water partition coefficient (Wildman–Crippen LogP) is 4.24. The molecular weight excluding hydrogens is 527 g/mol. The van der Waals surface area contributed by atoms with Crippen LogP contribution in [0.5, 0.6) is 0 Å². The van der Waals surface area contributed by atoms with Gasteiger partial charge in [0.25, 0.3) is 0 Å². The molecule has 2 aromatic carbocycles. The van der Waals surface area contributed by atoms with Gasteiger partial charge in [-0.05, 0) is 48.9 Å². The first-order valence-corrected chi connectivity index (χ1v) is 11.3. The van der Waals surface area contributed by atoms with Crippen LogP contribution in [0.4, 0.5) is 0 Å². The highest BCUT2D eigenvalue weighted by molar-refractivity contribution is 14.0. The molecule has 0 saturated carbocycles. The van der Waals surface area contributed by atoms with Gasteiger partial charge in [-0.25, -0.2) is 14.7 Å². The monoisotopic (exact) mass is 560 g/mol. The Hall–Kier alpha value is -2.46. The first kappa shape index (κ1) is 25.2. The molecule has 1 saturated heterocycles. The van der Waals surface area contributed by atoms with Gasteiger partial charge < -0.3 is 15.4 Å². The van der Waals surface area contributed by atoms with Crippen molar-refractivity contribution in [2.75, 3.05) is 19.7 Å². The molecule has 4 rings (SSSR count). The maximum Gasteiger partial charge on any atom is 0.191 e. The van der Waals surface area contributed by atoms with Gasteiger partial charge >= 0.3 is 0 Å². The van der Waals surface area contributed by atoms with E-state index in [1.807, 2.05) is 4.68 Å². The highest BCUT2D eigenvalue weighted by atomic mass is 127. The minimum atomic E-state index is -0.109. The highest BCUT2D eigenvalue weighted by Crippen LogP contribution is 2.25. The molecule has 1 aliphatic rings. The van der Waals surface area contributed by atoms with E-state index in [0.717, 1.165) is 38.5 Å². The van der Waals surface area contributed by atoms with Crippen molar-refractivity contribution in [3.8, 4) is 11.1 Å². The van der Waals surface area contributed by atoms with E-state index in [2.05, 4.69) is 83.1 Å². The summed E-state index contributed by atoms with van der Waals surface area (Å²) in [6, 6.07) is 17.1. The Labute approximate surface area is 213 Å². The number of nitrogens with one attached hydrogen (secondary N) is 2. The number of halogens is 1. The van der Waals surface area contributed by atoms with Gasteiger partial charge in [0.2, 0.25) is 0 Å². The molecule has 0 spiro atoms. The first-order chi connectivity index (χ1) is 15.6. The van der Waals surface area contributed by atoms with Crippen molar-refractivity contribution in [2.45, 2.75) is 45.4 Å². The number of aromatic nitrogens is 3. The van der Waals surface area contributed by atoms with E-state index in [-0.39, 0.29) is 29.6 Å². The van der Waals surface area contributed by atoms with Crippen LogP contribution in [0.1, 0.15) is 37.8 Å². The summed E-state index contributed by atoms with van der Waals surface area (Å²) in [7, 11) is 0. The van der Waals surface area contributed by atoms with Crippen LogP contribution in [0.25, 0.3) is 11.1 Å². The van der Waals surface area contributed by atoms with E-state index in [9.17, 15) is 0 Å². The summed E-state index contributed by atoms with van der Waals surface area (Å²) in [5.41, 5.74) is 4.66. The molecule has 1 atom stereocenters. The standard InChI is InChI=1S/C25H32N6O.HI/c1-3-27-24(29-17-25(2)13-6-14-32-25)28-15-22-7-4-5-8-23(22)21-11-9-20(10-12-21)16-31-19-26-18-30-31;/h4-5,7-12,18-19H,3,6,13-17H2,1-2H3,(H2,27,28,29);1H. The average molecular weight is 560 g/mol. The van der Waals surface area contributed by atoms with Gasteiger partial charge in [-0.15, -0.1) is 24.0 Å². The van der Waals surface area contributed by atoms with Gasteiger partial charge in [0, 0.05) is 19.7 Å². The van der Waals surface area contributed by atoms with Crippen LogP contribution in [-0.2, 0) is 17.8 Å². The molecule has 2 heterocycles. The Morgan fingerprint density at radius 2 is 1.97 bits per heavy atom. The van der Waals surface area contributed by atoms with Gasteiger partial charge in [0.15, 0.2) is 5.96 Å². The summed E-state index contributed by atoms with van der Waals surface area (Å²) in [5.74, 6) is 0.821. The number of hydrogen-bond donors (Lipinski definition) is 2. The molecule has 1 unspecified atom stereocenters.